The maximum absolute atomic E-state index is 11.7. The molecule has 0 radical (unpaired) electrons. The van der Waals surface area contributed by atoms with Gasteiger partial charge in [0.1, 0.15) is 0 Å². The zero-order chi connectivity index (χ0) is 11.3. The van der Waals surface area contributed by atoms with Crippen molar-refractivity contribution in [3.63, 3.8) is 0 Å². The molecule has 1 rings (SSSR count). The van der Waals surface area contributed by atoms with Crippen LogP contribution in [0.5, 0.6) is 0 Å². The quantitative estimate of drug-likeness (QED) is 0.767. The zero-order valence-electron chi connectivity index (χ0n) is 9.71. The molecule has 0 aromatic rings. The zero-order valence-corrected chi connectivity index (χ0v) is 10.5. The van der Waals surface area contributed by atoms with Crippen molar-refractivity contribution >= 4 is 17.7 Å². The number of nitrogens with one attached hydrogen (secondary N) is 1. The molecule has 1 aliphatic rings. The molecule has 1 fully saturated rings. The second kappa shape index (κ2) is 5.75. The van der Waals surface area contributed by atoms with Gasteiger partial charge in [0.25, 0.3) is 0 Å². The van der Waals surface area contributed by atoms with Crippen LogP contribution in [-0.2, 0) is 4.79 Å². The summed E-state index contributed by atoms with van der Waals surface area (Å²) < 4.78 is 0. The molecule has 0 aliphatic carbocycles. The lowest BCUT2D eigenvalue weighted by Gasteiger charge is -2.25. The second-order valence-corrected chi connectivity index (χ2v) is 6.19. The minimum absolute atomic E-state index is 0.0798. The molecule has 15 heavy (non-hydrogen) atoms. The van der Waals surface area contributed by atoms with Crippen molar-refractivity contribution in [2.75, 3.05) is 18.8 Å². The average Bonchev–Trinajstić information content (AvgIpc) is 2.27. The van der Waals surface area contributed by atoms with Crippen LogP contribution in [0.25, 0.3) is 0 Å². The van der Waals surface area contributed by atoms with Gasteiger partial charge in [-0.05, 0) is 32.4 Å². The van der Waals surface area contributed by atoms with Crippen molar-refractivity contribution in [2.45, 2.75) is 38.4 Å². The Bertz CT molecular complexity index is 213. The third-order valence-electron chi connectivity index (χ3n) is 2.89. The van der Waals surface area contributed by atoms with E-state index < -0.39 is 5.41 Å². The highest BCUT2D eigenvalue weighted by atomic mass is 32.2. The highest BCUT2D eigenvalue weighted by molar-refractivity contribution is 7.99. The van der Waals surface area contributed by atoms with Crippen molar-refractivity contribution in [1.82, 2.24) is 5.32 Å². The number of thioether (sulfide) groups is 1. The predicted molar refractivity (Wildman–Crippen MR) is 65.9 cm³/mol. The summed E-state index contributed by atoms with van der Waals surface area (Å²) in [5.41, 5.74) is 5.12. The molecule has 88 valence electrons. The molecule has 0 aromatic carbocycles. The van der Waals surface area contributed by atoms with Crippen molar-refractivity contribution < 1.29 is 4.79 Å². The summed E-state index contributed by atoms with van der Waals surface area (Å²) in [6.45, 7) is 4.97. The van der Waals surface area contributed by atoms with E-state index in [0.717, 1.165) is 6.54 Å². The molecule has 0 aromatic heterocycles. The molecule has 1 saturated heterocycles. The van der Waals surface area contributed by atoms with Crippen LogP contribution < -0.4 is 11.1 Å². The first kappa shape index (κ1) is 12.8. The van der Waals surface area contributed by atoms with Gasteiger partial charge in [-0.1, -0.05) is 6.42 Å². The van der Waals surface area contributed by atoms with Crippen LogP contribution in [0.2, 0.25) is 0 Å². The first-order chi connectivity index (χ1) is 7.06. The topological polar surface area (TPSA) is 55.1 Å². The highest BCUT2D eigenvalue weighted by Gasteiger charge is 2.26. The largest absolute Gasteiger partial charge is 0.354 e. The monoisotopic (exact) mass is 230 g/mol. The summed E-state index contributed by atoms with van der Waals surface area (Å²) in [6, 6.07) is 0. The van der Waals surface area contributed by atoms with Crippen molar-refractivity contribution in [1.29, 1.82) is 0 Å². The summed E-state index contributed by atoms with van der Waals surface area (Å²) in [7, 11) is 0. The molecule has 0 spiro atoms. The van der Waals surface area contributed by atoms with Crippen molar-refractivity contribution in [3.05, 3.63) is 0 Å². The lowest BCUT2D eigenvalue weighted by Crippen LogP contribution is -2.44. The fraction of sp³-hybridized carbons (Fsp3) is 0.909. The molecule has 0 saturated carbocycles. The SMILES string of the molecule is CC(C)(CN)C(=O)NCC1CCCCS1. The van der Waals surface area contributed by atoms with Gasteiger partial charge in [-0.25, -0.2) is 0 Å². The van der Waals surface area contributed by atoms with Gasteiger partial charge in [-0.3, -0.25) is 4.79 Å². The van der Waals surface area contributed by atoms with Crippen LogP contribution in [-0.4, -0.2) is 30.0 Å². The van der Waals surface area contributed by atoms with E-state index in [-0.39, 0.29) is 5.91 Å². The van der Waals surface area contributed by atoms with Gasteiger partial charge in [0, 0.05) is 18.3 Å². The molecule has 3 N–H and O–H groups in total. The van der Waals surface area contributed by atoms with Gasteiger partial charge in [0.15, 0.2) is 0 Å². The molecule has 3 nitrogen and oxygen atoms in total. The van der Waals surface area contributed by atoms with Crippen LogP contribution in [0.4, 0.5) is 0 Å². The number of amides is 1. The fourth-order valence-corrected chi connectivity index (χ4v) is 2.75. The van der Waals surface area contributed by atoms with Gasteiger partial charge < -0.3 is 11.1 Å². The smallest absolute Gasteiger partial charge is 0.226 e. The molecule has 1 aliphatic heterocycles. The standard InChI is InChI=1S/C11H22N2OS/c1-11(2,8-12)10(14)13-7-9-5-3-4-6-15-9/h9H,3-8,12H2,1-2H3,(H,13,14). The van der Waals surface area contributed by atoms with Crippen molar-refractivity contribution in [2.24, 2.45) is 11.1 Å². The van der Waals surface area contributed by atoms with E-state index in [2.05, 4.69) is 5.32 Å². The number of nitrogens with two attached hydrogens (primary N) is 1. The van der Waals surface area contributed by atoms with Crippen LogP contribution in [0.15, 0.2) is 0 Å². The maximum Gasteiger partial charge on any atom is 0.226 e. The summed E-state index contributed by atoms with van der Waals surface area (Å²) in [4.78, 5) is 11.7. The Morgan fingerprint density at radius 1 is 1.53 bits per heavy atom. The molecule has 0 bridgehead atoms. The lowest BCUT2D eigenvalue weighted by atomic mass is 9.93. The first-order valence-electron chi connectivity index (χ1n) is 5.66. The van der Waals surface area contributed by atoms with E-state index in [9.17, 15) is 4.79 Å². The second-order valence-electron chi connectivity index (χ2n) is 4.79. The Morgan fingerprint density at radius 3 is 2.80 bits per heavy atom. The summed E-state index contributed by atoms with van der Waals surface area (Å²) in [5, 5.41) is 3.61. The van der Waals surface area contributed by atoms with Crippen LogP contribution in [0, 0.1) is 5.41 Å². The molecule has 1 atom stereocenters. The minimum atomic E-state index is -0.431. The van der Waals surface area contributed by atoms with Gasteiger partial charge in [-0.2, -0.15) is 11.8 Å². The van der Waals surface area contributed by atoms with Crippen molar-refractivity contribution in [3.8, 4) is 0 Å². The van der Waals surface area contributed by atoms with E-state index in [1.54, 1.807) is 0 Å². The van der Waals surface area contributed by atoms with Crippen LogP contribution in [0.1, 0.15) is 33.1 Å². The average molecular weight is 230 g/mol. The Kier molecular flexibility index (Phi) is 4.93. The fourth-order valence-electron chi connectivity index (χ4n) is 1.51. The van der Waals surface area contributed by atoms with Gasteiger partial charge in [0.05, 0.1) is 5.41 Å². The number of hydrogen-bond acceptors (Lipinski definition) is 3. The molecule has 1 unspecified atom stereocenters. The Hall–Kier alpha value is -0.220. The molecular weight excluding hydrogens is 208 g/mol. The number of carbonyl (C=O) groups is 1. The van der Waals surface area contributed by atoms with E-state index >= 15 is 0 Å². The molecule has 1 amide bonds. The maximum atomic E-state index is 11.7. The summed E-state index contributed by atoms with van der Waals surface area (Å²) >= 11 is 1.98. The van der Waals surface area contributed by atoms with E-state index in [1.165, 1.54) is 25.0 Å². The van der Waals surface area contributed by atoms with Crippen LogP contribution in [0.3, 0.4) is 0 Å². The van der Waals surface area contributed by atoms with Crippen LogP contribution >= 0.6 is 11.8 Å². The highest BCUT2D eigenvalue weighted by Crippen LogP contribution is 2.24. The number of rotatable bonds is 4. The Labute approximate surface area is 96.6 Å². The van der Waals surface area contributed by atoms with Gasteiger partial charge >= 0.3 is 0 Å². The lowest BCUT2D eigenvalue weighted by molar-refractivity contribution is -0.128. The van der Waals surface area contributed by atoms with Gasteiger partial charge in [0.2, 0.25) is 5.91 Å². The molecule has 1 heterocycles. The van der Waals surface area contributed by atoms with E-state index in [0.29, 0.717) is 11.8 Å². The molecular formula is C11H22N2OS. The summed E-state index contributed by atoms with van der Waals surface area (Å²) in [6.07, 6.45) is 3.85. The Balaban J connectivity index is 2.26. The Morgan fingerprint density at radius 2 is 2.27 bits per heavy atom. The molecule has 4 heteroatoms. The van der Waals surface area contributed by atoms with E-state index in [4.69, 9.17) is 5.73 Å². The van der Waals surface area contributed by atoms with Gasteiger partial charge in [-0.15, -0.1) is 0 Å². The first-order valence-corrected chi connectivity index (χ1v) is 6.71. The summed E-state index contributed by atoms with van der Waals surface area (Å²) in [5.74, 6) is 1.32. The number of hydrogen-bond donors (Lipinski definition) is 2. The number of carbonyl (C=O) groups excluding carboxylic acids is 1. The predicted octanol–water partition coefficient (Wildman–Crippen LogP) is 1.37. The normalized spacial score (nSPS) is 22.5. The third-order valence-corrected chi connectivity index (χ3v) is 4.29. The van der Waals surface area contributed by atoms with E-state index in [1.807, 2.05) is 25.6 Å². The third kappa shape index (κ3) is 4.03. The minimum Gasteiger partial charge on any atom is -0.354 e.